The van der Waals surface area contributed by atoms with E-state index in [1.54, 1.807) is 0 Å². The lowest BCUT2D eigenvalue weighted by atomic mass is 10.1. The summed E-state index contributed by atoms with van der Waals surface area (Å²) in [5.41, 5.74) is -0.194. The van der Waals surface area contributed by atoms with Crippen LogP contribution in [0.25, 0.3) is 0 Å². The summed E-state index contributed by atoms with van der Waals surface area (Å²) in [4.78, 5) is 3.35. The lowest BCUT2D eigenvalue weighted by molar-refractivity contribution is -0.141. The van der Waals surface area contributed by atoms with E-state index in [0.29, 0.717) is 5.56 Å². The molecule has 1 aromatic heterocycles. The molecule has 0 saturated carbocycles. The molecule has 0 radical (unpaired) electrons. The van der Waals surface area contributed by atoms with Crippen LogP contribution in [0.2, 0.25) is 0 Å². The molecule has 5 heteroatoms. The van der Waals surface area contributed by atoms with Crippen molar-refractivity contribution in [1.82, 2.24) is 10.3 Å². The molecule has 15 heavy (non-hydrogen) atoms. The Hall–Kier alpha value is -1.52. The number of nitrogens with one attached hydrogen (secondary N) is 1. The Morgan fingerprint density at radius 3 is 2.53 bits per heavy atom. The van der Waals surface area contributed by atoms with E-state index in [9.17, 15) is 13.2 Å². The molecule has 0 aromatic carbocycles. The largest absolute Gasteiger partial charge is 0.433 e. The third-order valence-electron chi connectivity index (χ3n) is 1.94. The second kappa shape index (κ2) is 4.33. The van der Waals surface area contributed by atoms with Crippen molar-refractivity contribution in [3.05, 3.63) is 42.4 Å². The minimum Gasteiger partial charge on any atom is -0.385 e. The molecule has 0 fully saturated rings. The summed E-state index contributed by atoms with van der Waals surface area (Å²) in [7, 11) is 0. The van der Waals surface area contributed by atoms with Crippen molar-refractivity contribution >= 4 is 0 Å². The van der Waals surface area contributed by atoms with Gasteiger partial charge in [-0.1, -0.05) is 12.6 Å². The van der Waals surface area contributed by atoms with Gasteiger partial charge in [-0.05, 0) is 24.8 Å². The lowest BCUT2D eigenvalue weighted by Crippen LogP contribution is -2.13. The second-order valence-corrected chi connectivity index (χ2v) is 3.07. The number of nitrogens with zero attached hydrogens (tertiary/aromatic N) is 1. The van der Waals surface area contributed by atoms with E-state index in [1.807, 2.05) is 6.92 Å². The predicted octanol–water partition coefficient (Wildman–Crippen LogP) is 2.89. The van der Waals surface area contributed by atoms with Gasteiger partial charge in [0.2, 0.25) is 0 Å². The van der Waals surface area contributed by atoms with Gasteiger partial charge < -0.3 is 5.32 Å². The molecule has 0 amide bonds. The summed E-state index contributed by atoms with van der Waals surface area (Å²) in [6, 6.07) is 2.27. The molecule has 1 N–H and O–H groups in total. The third-order valence-corrected chi connectivity index (χ3v) is 1.94. The predicted molar refractivity (Wildman–Crippen MR) is 51.0 cm³/mol. The van der Waals surface area contributed by atoms with Crippen molar-refractivity contribution < 1.29 is 13.2 Å². The fourth-order valence-electron chi connectivity index (χ4n) is 1.10. The first-order valence-electron chi connectivity index (χ1n) is 4.35. The molecule has 1 heterocycles. The van der Waals surface area contributed by atoms with E-state index in [1.165, 1.54) is 18.5 Å². The summed E-state index contributed by atoms with van der Waals surface area (Å²) in [5.74, 6) is 0. The highest BCUT2D eigenvalue weighted by Gasteiger charge is 2.32. The maximum Gasteiger partial charge on any atom is 0.433 e. The minimum absolute atomic E-state index is 0.0997. The summed E-state index contributed by atoms with van der Waals surface area (Å²) in [5, 5.41) is 2.86. The highest BCUT2D eigenvalue weighted by molar-refractivity contribution is 5.19. The molecule has 0 aliphatic rings. The summed E-state index contributed by atoms with van der Waals surface area (Å²) < 4.78 is 36.5. The molecule has 0 aliphatic heterocycles. The molecule has 1 aromatic rings. The highest BCUT2D eigenvalue weighted by atomic mass is 19.4. The molecule has 0 spiro atoms. The molecule has 0 unspecified atom stereocenters. The number of aromatic nitrogens is 1. The molecule has 0 saturated heterocycles. The van der Waals surface area contributed by atoms with Crippen LogP contribution in [-0.4, -0.2) is 4.98 Å². The van der Waals surface area contributed by atoms with E-state index in [4.69, 9.17) is 0 Å². The van der Waals surface area contributed by atoms with Gasteiger partial charge >= 0.3 is 6.18 Å². The number of hydrogen-bond donors (Lipinski definition) is 1. The summed E-state index contributed by atoms with van der Waals surface area (Å²) >= 11 is 0. The topological polar surface area (TPSA) is 24.9 Å². The Bertz CT molecular complexity index is 330. The van der Waals surface area contributed by atoms with E-state index in [2.05, 4.69) is 16.9 Å². The maximum atomic E-state index is 12.2. The Morgan fingerprint density at radius 2 is 2.13 bits per heavy atom. The first-order valence-corrected chi connectivity index (χ1v) is 4.35. The zero-order valence-corrected chi connectivity index (χ0v) is 8.17. The molecule has 0 aliphatic carbocycles. The minimum atomic E-state index is -4.38. The van der Waals surface area contributed by atoms with E-state index in [-0.39, 0.29) is 6.04 Å². The van der Waals surface area contributed by atoms with Crippen LogP contribution in [0.5, 0.6) is 0 Å². The number of hydrogen-bond acceptors (Lipinski definition) is 2. The quantitative estimate of drug-likeness (QED) is 0.840. The monoisotopic (exact) mass is 216 g/mol. The van der Waals surface area contributed by atoms with Gasteiger partial charge in [0.1, 0.15) is 5.69 Å². The van der Waals surface area contributed by atoms with Gasteiger partial charge in [0, 0.05) is 12.2 Å². The fraction of sp³-hybridized carbons (Fsp3) is 0.300. The second-order valence-electron chi connectivity index (χ2n) is 3.07. The van der Waals surface area contributed by atoms with Gasteiger partial charge in [0.15, 0.2) is 0 Å². The molecular weight excluding hydrogens is 205 g/mol. The van der Waals surface area contributed by atoms with Gasteiger partial charge in [-0.2, -0.15) is 13.2 Å². The molecule has 2 nitrogen and oxygen atoms in total. The lowest BCUT2D eigenvalue weighted by Gasteiger charge is -2.12. The van der Waals surface area contributed by atoms with E-state index in [0.717, 1.165) is 6.07 Å². The normalized spacial score (nSPS) is 13.3. The Kier molecular flexibility index (Phi) is 3.34. The van der Waals surface area contributed by atoms with Crippen LogP contribution in [0.4, 0.5) is 13.2 Å². The van der Waals surface area contributed by atoms with Crippen LogP contribution in [0.15, 0.2) is 31.1 Å². The van der Waals surface area contributed by atoms with E-state index < -0.39 is 11.9 Å². The zero-order chi connectivity index (χ0) is 11.5. The molecule has 82 valence electrons. The van der Waals surface area contributed by atoms with Crippen molar-refractivity contribution in [2.75, 3.05) is 0 Å². The van der Waals surface area contributed by atoms with Crippen LogP contribution in [-0.2, 0) is 6.18 Å². The number of pyridine rings is 1. The van der Waals surface area contributed by atoms with Crippen molar-refractivity contribution in [3.63, 3.8) is 0 Å². The van der Waals surface area contributed by atoms with Gasteiger partial charge in [0.05, 0.1) is 0 Å². The Labute approximate surface area is 85.8 Å². The number of rotatable bonds is 3. The molecular formula is C10H11F3N2. The van der Waals surface area contributed by atoms with Crippen molar-refractivity contribution in [2.45, 2.75) is 19.1 Å². The van der Waals surface area contributed by atoms with E-state index >= 15 is 0 Å². The van der Waals surface area contributed by atoms with Crippen LogP contribution in [0, 0.1) is 0 Å². The Morgan fingerprint density at radius 1 is 1.47 bits per heavy atom. The zero-order valence-electron chi connectivity index (χ0n) is 8.17. The molecule has 0 bridgehead atoms. The third kappa shape index (κ3) is 2.97. The van der Waals surface area contributed by atoms with Crippen molar-refractivity contribution in [2.24, 2.45) is 0 Å². The average molecular weight is 216 g/mol. The molecule has 1 rings (SSSR count). The fourth-order valence-corrected chi connectivity index (χ4v) is 1.10. The van der Waals surface area contributed by atoms with Gasteiger partial charge in [-0.15, -0.1) is 0 Å². The van der Waals surface area contributed by atoms with Crippen LogP contribution < -0.4 is 5.32 Å². The summed E-state index contributed by atoms with van der Waals surface area (Å²) in [6.07, 6.45) is -1.68. The van der Waals surface area contributed by atoms with Crippen LogP contribution >= 0.6 is 0 Å². The first-order chi connectivity index (χ1) is 6.95. The molecule has 1 atom stereocenters. The Balaban J connectivity index is 2.85. The highest BCUT2D eigenvalue weighted by Crippen LogP contribution is 2.27. The first kappa shape index (κ1) is 11.6. The van der Waals surface area contributed by atoms with Gasteiger partial charge in [-0.25, -0.2) is 0 Å². The average Bonchev–Trinajstić information content (AvgIpc) is 2.17. The standard InChI is InChI=1S/C10H11F3N2/c1-3-14-7(2)8-4-5-9(15-6-8)10(11,12)13/h3-7,14H,1H2,2H3/t7-/m1/s1. The van der Waals surface area contributed by atoms with Gasteiger partial charge in [-0.3, -0.25) is 4.98 Å². The smallest absolute Gasteiger partial charge is 0.385 e. The van der Waals surface area contributed by atoms with Crippen LogP contribution in [0.3, 0.4) is 0 Å². The van der Waals surface area contributed by atoms with Crippen molar-refractivity contribution in [3.8, 4) is 0 Å². The van der Waals surface area contributed by atoms with Crippen LogP contribution in [0.1, 0.15) is 24.2 Å². The number of alkyl halides is 3. The number of halogens is 3. The maximum absolute atomic E-state index is 12.2. The summed E-state index contributed by atoms with van der Waals surface area (Å²) in [6.45, 7) is 5.28. The van der Waals surface area contributed by atoms with Crippen molar-refractivity contribution in [1.29, 1.82) is 0 Å². The van der Waals surface area contributed by atoms with Gasteiger partial charge in [0.25, 0.3) is 0 Å². The SMILES string of the molecule is C=CN[C@H](C)c1ccc(C(F)(F)F)nc1.